The second-order valence-electron chi connectivity index (χ2n) is 5.95. The fourth-order valence-corrected chi connectivity index (χ4v) is 2.86. The second kappa shape index (κ2) is 9.94. The molecule has 27 heavy (non-hydrogen) atoms. The molecular formula is C19H23BrN3O4+. The van der Waals surface area contributed by atoms with Crippen LogP contribution < -0.4 is 25.0 Å². The van der Waals surface area contributed by atoms with Gasteiger partial charge in [-0.1, -0.05) is 12.1 Å². The number of quaternary nitrogens is 1. The highest BCUT2D eigenvalue weighted by molar-refractivity contribution is 9.10. The van der Waals surface area contributed by atoms with Crippen LogP contribution in [-0.4, -0.2) is 46.2 Å². The minimum absolute atomic E-state index is 0.129. The Morgan fingerprint density at radius 1 is 0.963 bits per heavy atom. The van der Waals surface area contributed by atoms with Crippen LogP contribution in [0.5, 0.6) is 11.5 Å². The summed E-state index contributed by atoms with van der Waals surface area (Å²) in [6.07, 6.45) is 0. The predicted molar refractivity (Wildman–Crippen MR) is 108 cm³/mol. The van der Waals surface area contributed by atoms with Crippen molar-refractivity contribution in [2.75, 3.05) is 45.0 Å². The summed E-state index contributed by atoms with van der Waals surface area (Å²) in [5.74, 6) is 0.743. The van der Waals surface area contributed by atoms with E-state index in [1.165, 1.54) is 7.11 Å². The minimum atomic E-state index is -0.229. The molecule has 0 saturated carbocycles. The maximum atomic E-state index is 12.3. The van der Waals surface area contributed by atoms with E-state index in [2.05, 4.69) is 26.6 Å². The molecule has 0 heterocycles. The van der Waals surface area contributed by atoms with Gasteiger partial charge in [-0.25, -0.2) is 0 Å². The van der Waals surface area contributed by atoms with E-state index in [0.29, 0.717) is 22.9 Å². The Labute approximate surface area is 166 Å². The standard InChI is InChI=1S/C19H22BrN3O4/c1-23(11-18(24)21-15-7-5-4-6-14(15)20)12-19(25)22-16-10-13(26-2)8-9-17(16)27-3/h4-10H,11-12H2,1-3H3,(H,21,24)(H,22,25)/p+1. The molecule has 2 aromatic carbocycles. The zero-order valence-corrected chi connectivity index (χ0v) is 17.1. The van der Waals surface area contributed by atoms with E-state index < -0.39 is 0 Å². The van der Waals surface area contributed by atoms with Crippen molar-refractivity contribution in [3.8, 4) is 11.5 Å². The van der Waals surface area contributed by atoms with Crippen molar-refractivity contribution >= 4 is 39.1 Å². The number of ether oxygens (including phenoxy) is 2. The molecule has 0 aromatic heterocycles. The number of anilines is 2. The van der Waals surface area contributed by atoms with E-state index in [1.54, 1.807) is 38.4 Å². The minimum Gasteiger partial charge on any atom is -0.497 e. The number of para-hydroxylation sites is 1. The average Bonchev–Trinajstić information content (AvgIpc) is 2.63. The van der Waals surface area contributed by atoms with Crippen LogP contribution in [-0.2, 0) is 9.59 Å². The Bertz CT molecular complexity index is 813. The summed E-state index contributed by atoms with van der Waals surface area (Å²) < 4.78 is 11.2. The first-order chi connectivity index (χ1) is 12.9. The summed E-state index contributed by atoms with van der Waals surface area (Å²) >= 11 is 3.39. The van der Waals surface area contributed by atoms with Gasteiger partial charge in [0.15, 0.2) is 13.1 Å². The molecule has 2 rings (SSSR count). The second-order valence-corrected chi connectivity index (χ2v) is 6.81. The van der Waals surface area contributed by atoms with Gasteiger partial charge in [0, 0.05) is 10.5 Å². The molecule has 1 unspecified atom stereocenters. The predicted octanol–water partition coefficient (Wildman–Crippen LogP) is 1.56. The first-order valence-corrected chi connectivity index (χ1v) is 9.09. The number of carbonyl (C=O) groups excluding carboxylic acids is 2. The van der Waals surface area contributed by atoms with Crippen molar-refractivity contribution in [1.82, 2.24) is 0 Å². The summed E-state index contributed by atoms with van der Waals surface area (Å²) in [6, 6.07) is 12.5. The van der Waals surface area contributed by atoms with Crippen LogP contribution >= 0.6 is 15.9 Å². The van der Waals surface area contributed by atoms with Gasteiger partial charge >= 0.3 is 0 Å². The summed E-state index contributed by atoms with van der Waals surface area (Å²) in [5.41, 5.74) is 1.22. The topological polar surface area (TPSA) is 81.1 Å². The molecule has 144 valence electrons. The van der Waals surface area contributed by atoms with Gasteiger partial charge < -0.3 is 25.0 Å². The molecule has 8 heteroatoms. The summed E-state index contributed by atoms with van der Waals surface area (Å²) in [6.45, 7) is 0.285. The average molecular weight is 437 g/mol. The lowest BCUT2D eigenvalue weighted by atomic mass is 10.2. The number of benzene rings is 2. The van der Waals surface area contributed by atoms with Gasteiger partial charge in [-0.2, -0.15) is 0 Å². The molecule has 0 fully saturated rings. The number of methoxy groups -OCH3 is 2. The first-order valence-electron chi connectivity index (χ1n) is 8.30. The molecule has 0 aliphatic rings. The maximum absolute atomic E-state index is 12.3. The number of amides is 2. The molecule has 3 N–H and O–H groups in total. The zero-order chi connectivity index (χ0) is 19.8. The highest BCUT2D eigenvalue weighted by Crippen LogP contribution is 2.28. The third kappa shape index (κ3) is 6.26. The summed E-state index contributed by atoms with van der Waals surface area (Å²) in [7, 11) is 4.86. The molecule has 1 atom stereocenters. The summed E-state index contributed by atoms with van der Waals surface area (Å²) in [5, 5.41) is 5.62. The lowest BCUT2D eigenvalue weighted by molar-refractivity contribution is -0.862. The van der Waals surface area contributed by atoms with E-state index in [9.17, 15) is 9.59 Å². The van der Waals surface area contributed by atoms with Crippen LogP contribution in [0.4, 0.5) is 11.4 Å². The van der Waals surface area contributed by atoms with Crippen LogP contribution in [0.1, 0.15) is 0 Å². The molecule has 7 nitrogen and oxygen atoms in total. The SMILES string of the molecule is COc1ccc(OC)c(NC(=O)C[NH+](C)CC(=O)Nc2ccccc2Br)c1. The molecule has 0 bridgehead atoms. The Morgan fingerprint density at radius 3 is 2.19 bits per heavy atom. The Morgan fingerprint density at radius 2 is 1.59 bits per heavy atom. The highest BCUT2D eigenvalue weighted by atomic mass is 79.9. The molecule has 0 aliphatic carbocycles. The number of carbonyl (C=O) groups is 2. The van der Waals surface area contributed by atoms with Crippen LogP contribution in [0.3, 0.4) is 0 Å². The fraction of sp³-hybridized carbons (Fsp3) is 0.263. The van der Waals surface area contributed by atoms with Crippen molar-refractivity contribution < 1.29 is 24.0 Å². The van der Waals surface area contributed by atoms with Crippen molar-refractivity contribution in [2.45, 2.75) is 0 Å². The molecule has 0 aliphatic heterocycles. The van der Waals surface area contributed by atoms with Crippen LogP contribution in [0.25, 0.3) is 0 Å². The van der Waals surface area contributed by atoms with E-state index in [0.717, 1.165) is 9.37 Å². The van der Waals surface area contributed by atoms with Gasteiger partial charge in [0.25, 0.3) is 11.8 Å². The maximum Gasteiger partial charge on any atom is 0.279 e. The van der Waals surface area contributed by atoms with Crippen molar-refractivity contribution in [3.05, 3.63) is 46.9 Å². The molecule has 0 spiro atoms. The molecule has 0 radical (unpaired) electrons. The van der Waals surface area contributed by atoms with Gasteiger partial charge in [0.2, 0.25) is 0 Å². The van der Waals surface area contributed by atoms with Crippen LogP contribution in [0.2, 0.25) is 0 Å². The quantitative estimate of drug-likeness (QED) is 0.586. The monoisotopic (exact) mass is 436 g/mol. The third-order valence-electron chi connectivity index (χ3n) is 3.75. The van der Waals surface area contributed by atoms with E-state index in [-0.39, 0.29) is 24.9 Å². The third-order valence-corrected chi connectivity index (χ3v) is 4.44. The van der Waals surface area contributed by atoms with E-state index >= 15 is 0 Å². The molecule has 0 saturated heterocycles. The lowest BCUT2D eigenvalue weighted by Crippen LogP contribution is -3.11. The van der Waals surface area contributed by atoms with Crippen molar-refractivity contribution in [2.24, 2.45) is 0 Å². The largest absolute Gasteiger partial charge is 0.497 e. The number of likely N-dealkylation sites (N-methyl/N-ethyl adjacent to an activating group) is 1. The summed E-state index contributed by atoms with van der Waals surface area (Å²) in [4.78, 5) is 25.2. The smallest absolute Gasteiger partial charge is 0.279 e. The zero-order valence-electron chi connectivity index (χ0n) is 15.5. The van der Waals surface area contributed by atoms with Crippen molar-refractivity contribution in [1.29, 1.82) is 0 Å². The number of rotatable bonds is 8. The van der Waals surface area contributed by atoms with Gasteiger partial charge in [0.05, 0.1) is 32.6 Å². The fourth-order valence-electron chi connectivity index (χ4n) is 2.47. The van der Waals surface area contributed by atoms with Crippen LogP contribution in [0, 0.1) is 0 Å². The normalized spacial score (nSPS) is 11.4. The van der Waals surface area contributed by atoms with Gasteiger partial charge in [-0.3, -0.25) is 9.59 Å². The number of nitrogens with one attached hydrogen (secondary N) is 3. The Hall–Kier alpha value is -2.58. The molecule has 2 amide bonds. The number of hydrogen-bond acceptors (Lipinski definition) is 4. The Kier molecular flexibility index (Phi) is 7.63. The van der Waals surface area contributed by atoms with Gasteiger partial charge in [-0.15, -0.1) is 0 Å². The van der Waals surface area contributed by atoms with Gasteiger partial charge in [-0.05, 0) is 40.2 Å². The van der Waals surface area contributed by atoms with Crippen LogP contribution in [0.15, 0.2) is 46.9 Å². The first kappa shape index (κ1) is 20.7. The van der Waals surface area contributed by atoms with E-state index in [1.807, 2.05) is 18.2 Å². The highest BCUT2D eigenvalue weighted by Gasteiger charge is 2.16. The lowest BCUT2D eigenvalue weighted by Gasteiger charge is -2.15. The molecule has 2 aromatic rings. The number of hydrogen-bond donors (Lipinski definition) is 3. The van der Waals surface area contributed by atoms with Crippen molar-refractivity contribution in [3.63, 3.8) is 0 Å². The van der Waals surface area contributed by atoms with E-state index in [4.69, 9.17) is 9.47 Å². The number of halogens is 1. The van der Waals surface area contributed by atoms with Gasteiger partial charge in [0.1, 0.15) is 11.5 Å². The molecular weight excluding hydrogens is 414 g/mol. The Balaban J connectivity index is 1.90.